The molecule has 66 heavy (non-hydrogen) atoms. The largest absolute Gasteiger partial charge is 0.501 e. The molecule has 2 aliphatic rings. The highest BCUT2D eigenvalue weighted by atomic mass is 35.5. The van der Waals surface area contributed by atoms with Crippen LogP contribution in [0.25, 0.3) is 11.1 Å². The maximum absolute atomic E-state index is 13.9. The molecule has 1 amide bonds. The summed E-state index contributed by atoms with van der Waals surface area (Å²) in [7, 11) is -6.98. The molecule has 7 rings (SSSR count). The van der Waals surface area contributed by atoms with E-state index in [1.165, 1.54) is 6.07 Å². The number of benzene rings is 5. The van der Waals surface area contributed by atoms with Crippen LogP contribution in [0.2, 0.25) is 5.02 Å². The number of ether oxygens (including phenoxy) is 3. The van der Waals surface area contributed by atoms with Gasteiger partial charge < -0.3 is 29.3 Å². The number of alkyl halides is 3. The summed E-state index contributed by atoms with van der Waals surface area (Å²) in [5.41, 5.74) is -2.46. The number of para-hydroxylation sites is 1. The number of sulfone groups is 1. The van der Waals surface area contributed by atoms with Crippen LogP contribution in [-0.4, -0.2) is 111 Å². The number of nitrogens with one attached hydrogen (secondary N) is 2. The molecule has 352 valence electrons. The number of carbonyl (C=O) groups is 1. The van der Waals surface area contributed by atoms with Crippen LogP contribution in [0.4, 0.5) is 24.5 Å². The fourth-order valence-corrected chi connectivity index (χ4v) is 9.81. The molecular weight excluding hydrogens is 919 g/mol. The number of amides is 1. The average Bonchev–Trinajstić information content (AvgIpc) is 3.29. The van der Waals surface area contributed by atoms with Crippen LogP contribution in [0.15, 0.2) is 119 Å². The quantitative estimate of drug-likeness (QED) is 0.0924. The highest BCUT2D eigenvalue weighted by Crippen LogP contribution is 2.37. The predicted molar refractivity (Wildman–Crippen MR) is 248 cm³/mol. The first-order valence-electron chi connectivity index (χ1n) is 21.3. The molecule has 2 saturated heterocycles. The Morgan fingerprint density at radius 2 is 1.56 bits per heavy atom. The van der Waals surface area contributed by atoms with E-state index in [-0.39, 0.29) is 23.8 Å². The highest BCUT2D eigenvalue weighted by molar-refractivity contribution is 7.92. The molecule has 0 radical (unpaired) electrons. The minimum atomic E-state index is -6.02. The number of hydrogen-bond donors (Lipinski definition) is 2. The van der Waals surface area contributed by atoms with E-state index in [1.54, 1.807) is 42.5 Å². The number of hydrogen-bond acceptors (Lipinski definition) is 12. The molecule has 5 aromatic carbocycles. The normalized spacial score (nSPS) is 15.4. The standard InChI is InChI=1S/C47H51ClF3N5O8S2/c1-54(2)24-27-63-39-13-16-41(34-8-10-36(48)11-9-34)35(28-39)32-55-20-22-56(23-21-55)37-12-15-42(44(29-37)64-38-6-4-3-5-7-38)46(57)53-66(60,61)40-14-17-43(52-31-33-18-25-62-26-19-33)45(30-40)65(58,59)47(49,50)51/h3-17,28-30,33,52H,18-27,31-32H2,1-2H3,(H,53,57). The van der Waals surface area contributed by atoms with Gasteiger partial charge in [0.1, 0.15) is 28.8 Å². The summed E-state index contributed by atoms with van der Waals surface area (Å²) < 4.78 is 114. The van der Waals surface area contributed by atoms with Gasteiger partial charge in [0.15, 0.2) is 0 Å². The molecule has 13 nitrogen and oxygen atoms in total. The minimum absolute atomic E-state index is 0.00617. The van der Waals surface area contributed by atoms with Crippen molar-refractivity contribution >= 4 is 48.7 Å². The Kier molecular flexibility index (Phi) is 15.5. The Morgan fingerprint density at radius 3 is 2.24 bits per heavy atom. The monoisotopic (exact) mass is 969 g/mol. The fraction of sp³-hybridized carbons (Fsp3) is 0.340. The molecule has 5 aromatic rings. The van der Waals surface area contributed by atoms with Crippen LogP contribution in [-0.2, 0) is 31.1 Å². The number of anilines is 2. The van der Waals surface area contributed by atoms with E-state index in [0.29, 0.717) is 87.9 Å². The third kappa shape index (κ3) is 12.1. The molecule has 0 saturated carbocycles. The van der Waals surface area contributed by atoms with Gasteiger partial charge >= 0.3 is 5.51 Å². The van der Waals surface area contributed by atoms with Crippen molar-refractivity contribution in [2.24, 2.45) is 5.92 Å². The first-order valence-corrected chi connectivity index (χ1v) is 24.7. The average molecular weight is 971 g/mol. The summed E-state index contributed by atoms with van der Waals surface area (Å²) in [5.74, 6) is -0.0128. The Labute approximate surface area is 388 Å². The molecule has 19 heteroatoms. The topological polar surface area (TPSA) is 147 Å². The van der Waals surface area contributed by atoms with Crippen molar-refractivity contribution in [2.75, 3.05) is 83.4 Å². The van der Waals surface area contributed by atoms with Gasteiger partial charge in [-0.15, -0.1) is 0 Å². The minimum Gasteiger partial charge on any atom is -0.492 e. The van der Waals surface area contributed by atoms with E-state index in [2.05, 4.69) is 32.1 Å². The second kappa shape index (κ2) is 21.1. The zero-order valence-corrected chi connectivity index (χ0v) is 38.8. The molecule has 0 aromatic heterocycles. The molecule has 0 atom stereocenters. The first-order chi connectivity index (χ1) is 31.5. The smallest absolute Gasteiger partial charge is 0.492 e. The molecular formula is C47H51ClF3N5O8S2. The van der Waals surface area contributed by atoms with Gasteiger partial charge in [0.2, 0.25) is 0 Å². The molecule has 0 aliphatic carbocycles. The molecule has 2 heterocycles. The van der Waals surface area contributed by atoms with Crippen LogP contribution >= 0.6 is 11.6 Å². The Hall–Kier alpha value is -5.37. The summed E-state index contributed by atoms with van der Waals surface area (Å²) in [5, 5.41) is 3.40. The summed E-state index contributed by atoms with van der Waals surface area (Å²) in [6.07, 6.45) is 1.22. The van der Waals surface area contributed by atoms with Gasteiger partial charge in [-0.05, 0) is 116 Å². The Bertz CT molecular complexity index is 2700. The number of likely N-dealkylation sites (N-methyl/N-ethyl adjacent to an activating group) is 1. The predicted octanol–water partition coefficient (Wildman–Crippen LogP) is 8.31. The molecule has 2 aliphatic heterocycles. The molecule has 0 bridgehead atoms. The van der Waals surface area contributed by atoms with Gasteiger partial charge in [0.25, 0.3) is 25.8 Å². The Balaban J connectivity index is 1.09. The molecule has 0 unspecified atom stereocenters. The van der Waals surface area contributed by atoms with E-state index in [9.17, 15) is 34.8 Å². The zero-order chi connectivity index (χ0) is 47.1. The van der Waals surface area contributed by atoms with Crippen molar-refractivity contribution in [3.05, 3.63) is 125 Å². The fourth-order valence-electron chi connectivity index (χ4n) is 7.65. The number of rotatable bonds is 17. The van der Waals surface area contributed by atoms with Crippen molar-refractivity contribution in [1.29, 1.82) is 0 Å². The van der Waals surface area contributed by atoms with Crippen LogP contribution in [0.3, 0.4) is 0 Å². The van der Waals surface area contributed by atoms with Gasteiger partial charge in [-0.25, -0.2) is 21.6 Å². The lowest BCUT2D eigenvalue weighted by molar-refractivity contribution is -0.0435. The zero-order valence-electron chi connectivity index (χ0n) is 36.4. The lowest BCUT2D eigenvalue weighted by Gasteiger charge is -2.36. The number of halogens is 4. The van der Waals surface area contributed by atoms with Crippen LogP contribution in [0, 0.1) is 5.92 Å². The molecule has 2 fully saturated rings. The first kappa shape index (κ1) is 48.6. The van der Waals surface area contributed by atoms with E-state index in [0.717, 1.165) is 41.1 Å². The third-order valence-electron chi connectivity index (χ3n) is 11.4. The van der Waals surface area contributed by atoms with E-state index in [1.807, 2.05) is 49.1 Å². The maximum atomic E-state index is 13.9. The molecule has 2 N–H and O–H groups in total. The van der Waals surface area contributed by atoms with Crippen molar-refractivity contribution in [3.8, 4) is 28.4 Å². The van der Waals surface area contributed by atoms with E-state index in [4.69, 9.17) is 25.8 Å². The lowest BCUT2D eigenvalue weighted by Crippen LogP contribution is -2.46. The van der Waals surface area contributed by atoms with Crippen LogP contribution < -0.4 is 24.4 Å². The molecule has 0 spiro atoms. The maximum Gasteiger partial charge on any atom is 0.501 e. The number of carbonyl (C=O) groups excluding carboxylic acids is 1. The second-order valence-electron chi connectivity index (χ2n) is 16.3. The number of piperazine rings is 1. The van der Waals surface area contributed by atoms with Gasteiger partial charge in [-0.1, -0.05) is 48.0 Å². The van der Waals surface area contributed by atoms with Crippen LogP contribution in [0.5, 0.6) is 17.2 Å². The van der Waals surface area contributed by atoms with Crippen molar-refractivity contribution < 1.29 is 49.0 Å². The van der Waals surface area contributed by atoms with Gasteiger partial charge in [-0.3, -0.25) is 9.69 Å². The van der Waals surface area contributed by atoms with Crippen molar-refractivity contribution in [2.45, 2.75) is 34.7 Å². The second-order valence-corrected chi connectivity index (χ2v) is 20.3. The highest BCUT2D eigenvalue weighted by Gasteiger charge is 2.48. The van der Waals surface area contributed by atoms with E-state index >= 15 is 0 Å². The summed E-state index contributed by atoms with van der Waals surface area (Å²) in [4.78, 5) is 18.2. The van der Waals surface area contributed by atoms with Crippen molar-refractivity contribution in [3.63, 3.8) is 0 Å². The Morgan fingerprint density at radius 1 is 0.848 bits per heavy atom. The van der Waals surface area contributed by atoms with Crippen molar-refractivity contribution in [1.82, 2.24) is 14.5 Å². The summed E-state index contributed by atoms with van der Waals surface area (Å²) in [6.45, 7) is 5.55. The SMILES string of the molecule is CN(C)CCOc1ccc(-c2ccc(Cl)cc2)c(CN2CCN(c3ccc(C(=O)NS(=O)(=O)c4ccc(NCC5CCOCC5)c(S(=O)(=O)C(F)(F)F)c4)c(Oc4ccccc4)c3)CC2)c1. The number of sulfonamides is 1. The van der Waals surface area contributed by atoms with Gasteiger partial charge in [0.05, 0.1) is 16.1 Å². The lowest BCUT2D eigenvalue weighted by atomic mass is 9.98. The summed E-state index contributed by atoms with van der Waals surface area (Å²) in [6, 6.07) is 29.4. The van der Waals surface area contributed by atoms with Crippen LogP contribution in [0.1, 0.15) is 28.8 Å². The van der Waals surface area contributed by atoms with Gasteiger partial charge in [0, 0.05) is 75.8 Å². The third-order valence-corrected chi connectivity index (χ3v) is 14.5. The number of nitrogens with zero attached hydrogens (tertiary/aromatic N) is 3. The summed E-state index contributed by atoms with van der Waals surface area (Å²) >= 11 is 6.21. The van der Waals surface area contributed by atoms with E-state index < -0.39 is 46.8 Å². The van der Waals surface area contributed by atoms with Gasteiger partial charge in [-0.2, -0.15) is 13.2 Å².